The molecule has 0 saturated carbocycles. The Hall–Kier alpha value is -3.58. The molecule has 0 aromatic carbocycles. The minimum Gasteiger partial charge on any atom is -0.465 e. The summed E-state index contributed by atoms with van der Waals surface area (Å²) in [5.74, 6) is -2.32. The molecule has 34 heavy (non-hydrogen) atoms. The number of rotatable bonds is 3. The van der Waals surface area contributed by atoms with Gasteiger partial charge in [0.1, 0.15) is 12.1 Å². The van der Waals surface area contributed by atoms with Crippen molar-refractivity contribution in [3.8, 4) is 0 Å². The fraction of sp³-hybridized carbons (Fsp3) is 0.550. The first-order chi connectivity index (χ1) is 15.7. The quantitative estimate of drug-likeness (QED) is 0.226. The largest absolute Gasteiger partial charge is 0.465 e. The van der Waals surface area contributed by atoms with Gasteiger partial charge in [-0.25, -0.2) is 9.31 Å². The van der Waals surface area contributed by atoms with Crippen LogP contribution < -0.4 is 10.9 Å². The summed E-state index contributed by atoms with van der Waals surface area (Å²) >= 11 is 0. The summed E-state index contributed by atoms with van der Waals surface area (Å²) in [5, 5.41) is 27.8. The summed E-state index contributed by atoms with van der Waals surface area (Å²) in [6.07, 6.45) is -5.62. The lowest BCUT2D eigenvalue weighted by Crippen LogP contribution is -2.51. The number of likely N-dealkylation sites (tertiary alicyclic amines) is 1. The van der Waals surface area contributed by atoms with Crippen LogP contribution in [0.5, 0.6) is 0 Å². The Labute approximate surface area is 191 Å². The Balaban J connectivity index is 1.98. The molecule has 11 nitrogen and oxygen atoms in total. The molecule has 2 unspecified atom stereocenters. The second-order valence-electron chi connectivity index (χ2n) is 9.24. The highest BCUT2D eigenvalue weighted by Crippen LogP contribution is 2.38. The number of nitrogens with zero attached hydrogens (tertiary/aromatic N) is 4. The normalized spacial score (nSPS) is 19.9. The van der Waals surface area contributed by atoms with Crippen LogP contribution >= 0.6 is 0 Å². The number of piperidine rings is 1. The van der Waals surface area contributed by atoms with Gasteiger partial charge in [-0.2, -0.15) is 18.3 Å². The molecule has 1 saturated heterocycles. The van der Waals surface area contributed by atoms with Crippen molar-refractivity contribution in [1.82, 2.24) is 24.8 Å². The second kappa shape index (κ2) is 8.99. The van der Waals surface area contributed by atoms with Crippen LogP contribution in [0.4, 0.5) is 18.0 Å². The Morgan fingerprint density at radius 3 is 2.56 bits per heavy atom. The minimum atomic E-state index is -4.76. The van der Waals surface area contributed by atoms with Crippen molar-refractivity contribution < 1.29 is 33.1 Å². The maximum absolute atomic E-state index is 12.5. The molecule has 1 fully saturated rings. The highest BCUT2D eigenvalue weighted by atomic mass is 19.4. The third kappa shape index (κ3) is 5.31. The van der Waals surface area contributed by atoms with Crippen molar-refractivity contribution in [1.29, 1.82) is 0 Å². The molecule has 3 heterocycles. The molecular formula is C20H25F3N6O5. The van der Waals surface area contributed by atoms with Crippen molar-refractivity contribution in [2.24, 2.45) is 10.6 Å². The van der Waals surface area contributed by atoms with Gasteiger partial charge in [0.05, 0.1) is 17.5 Å². The topological polar surface area (TPSA) is 152 Å². The van der Waals surface area contributed by atoms with Crippen molar-refractivity contribution in [2.45, 2.75) is 58.2 Å². The fourth-order valence-electron chi connectivity index (χ4n) is 4.27. The predicted molar refractivity (Wildman–Crippen MR) is 113 cm³/mol. The smallest absolute Gasteiger partial charge is 0.407 e. The lowest BCUT2D eigenvalue weighted by atomic mass is 9.76. The number of aromatic nitrogens is 3. The van der Waals surface area contributed by atoms with E-state index in [2.05, 4.69) is 15.2 Å². The highest BCUT2D eigenvalue weighted by molar-refractivity contribution is 6.10. The van der Waals surface area contributed by atoms with Gasteiger partial charge in [0.15, 0.2) is 5.84 Å². The Kier molecular flexibility index (Phi) is 6.62. The fourth-order valence-corrected chi connectivity index (χ4v) is 4.27. The number of fused-ring (bicyclic) bond motifs is 1. The Morgan fingerprint density at radius 2 is 2.00 bits per heavy atom. The lowest BCUT2D eigenvalue weighted by Gasteiger charge is -2.44. The van der Waals surface area contributed by atoms with Crippen molar-refractivity contribution in [3.05, 3.63) is 33.9 Å². The van der Waals surface area contributed by atoms with Crippen LogP contribution in [0.1, 0.15) is 57.2 Å². The molecule has 4 N–H and O–H groups in total. The molecule has 0 bridgehead atoms. The molecule has 3 rings (SSSR count). The number of carboxylic acid groups (broad SMARTS) is 1. The molecule has 0 spiro atoms. The van der Waals surface area contributed by atoms with E-state index < -0.39 is 36.0 Å². The van der Waals surface area contributed by atoms with Crippen molar-refractivity contribution in [2.75, 3.05) is 6.54 Å². The molecule has 1 aliphatic rings. The Morgan fingerprint density at radius 1 is 1.32 bits per heavy atom. The molecule has 0 aliphatic carbocycles. The number of carbonyl (C=O) groups is 2. The van der Waals surface area contributed by atoms with E-state index in [0.717, 1.165) is 6.20 Å². The molecule has 2 amide bonds. The number of amides is 2. The summed E-state index contributed by atoms with van der Waals surface area (Å²) in [4.78, 5) is 39.7. The van der Waals surface area contributed by atoms with Gasteiger partial charge in [-0.15, -0.1) is 0 Å². The van der Waals surface area contributed by atoms with E-state index in [1.165, 1.54) is 15.5 Å². The number of oxime groups is 1. The number of nitrogens with one attached hydrogen (secondary N) is 2. The van der Waals surface area contributed by atoms with E-state index in [9.17, 15) is 37.9 Å². The van der Waals surface area contributed by atoms with E-state index in [1.807, 2.05) is 26.1 Å². The van der Waals surface area contributed by atoms with Gasteiger partial charge in [-0.05, 0) is 18.3 Å². The number of alkyl halides is 3. The van der Waals surface area contributed by atoms with Gasteiger partial charge in [-0.1, -0.05) is 25.9 Å². The van der Waals surface area contributed by atoms with E-state index in [4.69, 9.17) is 0 Å². The van der Waals surface area contributed by atoms with Crippen LogP contribution in [0.15, 0.2) is 22.2 Å². The zero-order valence-electron chi connectivity index (χ0n) is 18.7. The average molecular weight is 486 g/mol. The molecular weight excluding hydrogens is 461 g/mol. The number of hydrogen-bond acceptors (Lipinski definition) is 6. The van der Waals surface area contributed by atoms with Gasteiger partial charge < -0.3 is 25.5 Å². The first kappa shape index (κ1) is 25.1. The molecule has 14 heteroatoms. The van der Waals surface area contributed by atoms with Crippen molar-refractivity contribution in [3.63, 3.8) is 0 Å². The number of aromatic amines is 1. The number of carbonyl (C=O) groups excluding carboxylic acids is 1. The maximum Gasteiger partial charge on any atom is 0.407 e. The molecule has 1 aliphatic heterocycles. The SMILES string of the molecule is CC(C)(C)C1CC(c2cc(=O)[nH]c3c(C(=NO)NC(=O)CC(F)(F)F)cnn23)CCN1C(=O)O. The highest BCUT2D eigenvalue weighted by Gasteiger charge is 2.40. The van der Waals surface area contributed by atoms with Crippen LogP contribution in [0.2, 0.25) is 0 Å². The number of halogens is 3. The molecule has 186 valence electrons. The van der Waals surface area contributed by atoms with Gasteiger partial charge in [0, 0.05) is 24.6 Å². The van der Waals surface area contributed by atoms with E-state index in [1.54, 1.807) is 0 Å². The standard InChI is InChI=1S/C20H25F3N6O5/c1-19(2,3)13-6-10(4-5-28(13)18(32)33)12-7-14(30)26-17-11(9-24-29(12)17)16(27-34)25-15(31)8-20(21,22)23/h7,9-10,13,34H,4-6,8H2,1-3H3,(H,26,30)(H,32,33)(H,25,27,31). The van der Waals surface area contributed by atoms with E-state index >= 15 is 0 Å². The lowest BCUT2D eigenvalue weighted by molar-refractivity contribution is -0.152. The molecule has 2 aromatic heterocycles. The summed E-state index contributed by atoms with van der Waals surface area (Å²) in [5.41, 5.74) is -0.547. The maximum atomic E-state index is 12.5. The van der Waals surface area contributed by atoms with Gasteiger partial charge >= 0.3 is 12.3 Å². The van der Waals surface area contributed by atoms with Gasteiger partial charge in [0.2, 0.25) is 5.91 Å². The summed E-state index contributed by atoms with van der Waals surface area (Å²) in [6.45, 7) is 6.00. The zero-order valence-corrected chi connectivity index (χ0v) is 18.7. The van der Waals surface area contributed by atoms with E-state index in [-0.39, 0.29) is 35.1 Å². The zero-order chi connectivity index (χ0) is 25.4. The number of hydrogen-bond donors (Lipinski definition) is 4. The molecule has 0 radical (unpaired) electrons. The number of amidine groups is 1. The third-order valence-electron chi connectivity index (χ3n) is 5.77. The van der Waals surface area contributed by atoms with Gasteiger partial charge in [-0.3, -0.25) is 9.59 Å². The van der Waals surface area contributed by atoms with Crippen LogP contribution in [0.25, 0.3) is 5.65 Å². The Bertz CT molecular complexity index is 1180. The summed E-state index contributed by atoms with van der Waals surface area (Å²) in [7, 11) is 0. The second-order valence-corrected chi connectivity index (χ2v) is 9.24. The summed E-state index contributed by atoms with van der Waals surface area (Å²) in [6, 6.07) is 0.979. The first-order valence-corrected chi connectivity index (χ1v) is 10.4. The van der Waals surface area contributed by atoms with Crippen LogP contribution in [-0.4, -0.2) is 66.4 Å². The minimum absolute atomic E-state index is 0.00980. The first-order valence-electron chi connectivity index (χ1n) is 10.4. The molecule has 2 aromatic rings. The van der Waals surface area contributed by atoms with Gasteiger partial charge in [0.25, 0.3) is 5.56 Å². The average Bonchev–Trinajstić information content (AvgIpc) is 3.12. The number of H-pyrrole nitrogens is 1. The van der Waals surface area contributed by atoms with E-state index in [0.29, 0.717) is 18.5 Å². The van der Waals surface area contributed by atoms with Crippen molar-refractivity contribution >= 4 is 23.5 Å². The summed E-state index contributed by atoms with van der Waals surface area (Å²) < 4.78 is 38.8. The molecule has 2 atom stereocenters. The van der Waals surface area contributed by atoms with Crippen LogP contribution in [0.3, 0.4) is 0 Å². The third-order valence-corrected chi connectivity index (χ3v) is 5.77. The van der Waals surface area contributed by atoms with Crippen LogP contribution in [0, 0.1) is 5.41 Å². The predicted octanol–water partition coefficient (Wildman–Crippen LogP) is 2.50. The van der Waals surface area contributed by atoms with Crippen LogP contribution in [-0.2, 0) is 4.79 Å². The monoisotopic (exact) mass is 486 g/mol.